The van der Waals surface area contributed by atoms with E-state index >= 15 is 0 Å². The second-order valence-corrected chi connectivity index (χ2v) is 9.08. The number of hydrogen-bond donors (Lipinski definition) is 2. The van der Waals surface area contributed by atoms with Gasteiger partial charge in [0.15, 0.2) is 18.1 Å². The van der Waals surface area contributed by atoms with Crippen LogP contribution in [0.25, 0.3) is 6.08 Å². The van der Waals surface area contributed by atoms with Crippen LogP contribution in [0.4, 0.5) is 20.6 Å². The van der Waals surface area contributed by atoms with Crippen molar-refractivity contribution in [2.45, 2.75) is 13.3 Å². The first-order valence-corrected chi connectivity index (χ1v) is 12.8. The molecule has 1 aliphatic rings. The van der Waals surface area contributed by atoms with E-state index in [1.54, 1.807) is 12.1 Å². The number of carbonyl (C=O) groups is 4. The summed E-state index contributed by atoms with van der Waals surface area (Å²) in [6.45, 7) is 1.87. The van der Waals surface area contributed by atoms with Gasteiger partial charge in [-0.05, 0) is 55.0 Å². The molecule has 1 fully saturated rings. The van der Waals surface area contributed by atoms with Gasteiger partial charge in [-0.15, -0.1) is 0 Å². The number of amides is 5. The SMILES string of the molecule is CCCOc1ccc(N2C(=O)NC(=O)/C(=C/c3cc(Cl)ccc3OCC(=O)Nc3ccccc3F)C2=O)cc1OC. The first-order chi connectivity index (χ1) is 19.7. The maximum absolute atomic E-state index is 13.9. The minimum absolute atomic E-state index is 0.0182. The van der Waals surface area contributed by atoms with Crippen LogP contribution in [0.5, 0.6) is 17.2 Å². The largest absolute Gasteiger partial charge is 0.493 e. The van der Waals surface area contributed by atoms with Crippen molar-refractivity contribution >= 4 is 52.8 Å². The standard InChI is InChI=1S/C29H25ClFN3O7/c1-3-12-40-24-11-9-19(15-25(24)39-2)34-28(37)20(27(36)33-29(34)38)14-17-13-18(30)8-10-23(17)41-16-26(35)32-22-7-5-4-6-21(22)31/h4-11,13-15H,3,12,16H2,1-2H3,(H,32,35)(H,33,36,38)/b20-14-. The minimum Gasteiger partial charge on any atom is -0.493 e. The summed E-state index contributed by atoms with van der Waals surface area (Å²) in [7, 11) is 1.42. The number of barbiturate groups is 1. The Balaban J connectivity index is 1.59. The van der Waals surface area contributed by atoms with Crippen LogP contribution in [0.15, 0.2) is 66.2 Å². The zero-order chi connectivity index (χ0) is 29.5. The molecule has 0 saturated carbocycles. The van der Waals surface area contributed by atoms with Crippen LogP contribution >= 0.6 is 11.6 Å². The number of anilines is 2. The molecule has 1 aliphatic heterocycles. The van der Waals surface area contributed by atoms with Crippen LogP contribution in [0.1, 0.15) is 18.9 Å². The molecule has 3 aromatic rings. The second-order valence-electron chi connectivity index (χ2n) is 8.64. The monoisotopic (exact) mass is 581 g/mol. The van der Waals surface area contributed by atoms with E-state index in [9.17, 15) is 23.6 Å². The number of para-hydroxylation sites is 1. The molecular formula is C29H25ClFN3O7. The first kappa shape index (κ1) is 29.1. The molecule has 0 aromatic heterocycles. The summed E-state index contributed by atoms with van der Waals surface area (Å²) in [6, 6.07) is 13.5. The molecule has 5 amide bonds. The van der Waals surface area contributed by atoms with E-state index in [1.165, 1.54) is 61.7 Å². The van der Waals surface area contributed by atoms with Gasteiger partial charge in [-0.25, -0.2) is 14.1 Å². The Morgan fingerprint density at radius 3 is 2.51 bits per heavy atom. The maximum atomic E-state index is 13.9. The van der Waals surface area contributed by atoms with Gasteiger partial charge < -0.3 is 19.5 Å². The molecule has 0 unspecified atom stereocenters. The van der Waals surface area contributed by atoms with E-state index < -0.39 is 41.7 Å². The van der Waals surface area contributed by atoms with Gasteiger partial charge in [0.2, 0.25) is 0 Å². The van der Waals surface area contributed by atoms with Crippen LogP contribution in [-0.4, -0.2) is 44.1 Å². The average molecular weight is 582 g/mol. The fourth-order valence-electron chi connectivity index (χ4n) is 3.83. The number of ether oxygens (including phenoxy) is 3. The molecule has 0 bridgehead atoms. The molecular weight excluding hydrogens is 557 g/mol. The third-order valence-corrected chi connectivity index (χ3v) is 5.98. The second kappa shape index (κ2) is 13.0. The van der Waals surface area contributed by atoms with Crippen molar-refractivity contribution in [1.82, 2.24) is 5.32 Å². The summed E-state index contributed by atoms with van der Waals surface area (Å²) in [5.41, 5.74) is -0.0861. The molecule has 41 heavy (non-hydrogen) atoms. The first-order valence-electron chi connectivity index (χ1n) is 12.4. The number of hydrogen-bond acceptors (Lipinski definition) is 7. The van der Waals surface area contributed by atoms with Crippen LogP contribution in [0.2, 0.25) is 5.02 Å². The van der Waals surface area contributed by atoms with E-state index in [0.29, 0.717) is 12.4 Å². The summed E-state index contributed by atoms with van der Waals surface area (Å²) < 4.78 is 30.4. The lowest BCUT2D eigenvalue weighted by Gasteiger charge is -2.27. The van der Waals surface area contributed by atoms with Gasteiger partial charge in [0, 0.05) is 16.7 Å². The van der Waals surface area contributed by atoms with E-state index in [0.717, 1.165) is 11.3 Å². The fraction of sp³-hybridized carbons (Fsp3) is 0.172. The predicted molar refractivity (Wildman–Crippen MR) is 150 cm³/mol. The summed E-state index contributed by atoms with van der Waals surface area (Å²) >= 11 is 6.15. The molecule has 4 rings (SSSR count). The van der Waals surface area contributed by atoms with Gasteiger partial charge in [-0.1, -0.05) is 30.7 Å². The van der Waals surface area contributed by atoms with Crippen molar-refractivity contribution in [3.63, 3.8) is 0 Å². The van der Waals surface area contributed by atoms with Gasteiger partial charge in [0.1, 0.15) is 17.1 Å². The lowest BCUT2D eigenvalue weighted by molar-refractivity contribution is -0.122. The van der Waals surface area contributed by atoms with Gasteiger partial charge >= 0.3 is 6.03 Å². The minimum atomic E-state index is -0.950. The number of rotatable bonds is 10. The summed E-state index contributed by atoms with van der Waals surface area (Å²) in [4.78, 5) is 52.0. The number of carbonyl (C=O) groups excluding carboxylic acids is 4. The normalized spacial score (nSPS) is 14.1. The highest BCUT2D eigenvalue weighted by atomic mass is 35.5. The number of benzene rings is 3. The zero-order valence-corrected chi connectivity index (χ0v) is 22.8. The van der Waals surface area contributed by atoms with Gasteiger partial charge in [0.05, 0.1) is 25.1 Å². The van der Waals surface area contributed by atoms with E-state index in [4.69, 9.17) is 25.8 Å². The average Bonchev–Trinajstić information content (AvgIpc) is 2.95. The lowest BCUT2D eigenvalue weighted by Crippen LogP contribution is -2.54. The Kier molecular flexibility index (Phi) is 9.20. The Morgan fingerprint density at radius 2 is 1.78 bits per heavy atom. The van der Waals surface area contributed by atoms with Crippen LogP contribution in [0, 0.1) is 5.82 Å². The van der Waals surface area contributed by atoms with Gasteiger partial charge in [0.25, 0.3) is 17.7 Å². The Hall–Kier alpha value is -4.90. The van der Waals surface area contributed by atoms with Crippen molar-refractivity contribution in [3.8, 4) is 17.2 Å². The molecule has 3 aromatic carbocycles. The summed E-state index contributed by atoms with van der Waals surface area (Å²) in [5, 5.41) is 4.80. The highest BCUT2D eigenvalue weighted by molar-refractivity contribution is 6.39. The molecule has 0 atom stereocenters. The Morgan fingerprint density at radius 1 is 1.02 bits per heavy atom. The topological polar surface area (TPSA) is 123 Å². The Bertz CT molecular complexity index is 1540. The quantitative estimate of drug-likeness (QED) is 0.256. The third kappa shape index (κ3) is 6.82. The predicted octanol–water partition coefficient (Wildman–Crippen LogP) is 4.96. The van der Waals surface area contributed by atoms with Crippen molar-refractivity contribution < 1.29 is 37.8 Å². The molecule has 12 heteroatoms. The molecule has 0 radical (unpaired) electrons. The molecule has 2 N–H and O–H groups in total. The summed E-state index contributed by atoms with van der Waals surface area (Å²) in [5.74, 6) is -2.28. The molecule has 0 aliphatic carbocycles. The highest BCUT2D eigenvalue weighted by Crippen LogP contribution is 2.34. The van der Waals surface area contributed by atoms with Crippen molar-refractivity contribution in [2.24, 2.45) is 0 Å². The van der Waals surface area contributed by atoms with Crippen molar-refractivity contribution in [1.29, 1.82) is 0 Å². The van der Waals surface area contributed by atoms with Crippen molar-refractivity contribution in [2.75, 3.05) is 30.5 Å². The number of nitrogens with one attached hydrogen (secondary N) is 2. The van der Waals surface area contributed by atoms with Crippen LogP contribution in [-0.2, 0) is 14.4 Å². The maximum Gasteiger partial charge on any atom is 0.335 e. The third-order valence-electron chi connectivity index (χ3n) is 5.75. The van der Waals surface area contributed by atoms with Crippen molar-refractivity contribution in [3.05, 3.63) is 82.6 Å². The van der Waals surface area contributed by atoms with E-state index in [-0.39, 0.29) is 33.5 Å². The molecule has 10 nitrogen and oxygen atoms in total. The van der Waals surface area contributed by atoms with Gasteiger partial charge in [-0.2, -0.15) is 0 Å². The number of imide groups is 2. The highest BCUT2D eigenvalue weighted by Gasteiger charge is 2.37. The number of nitrogens with zero attached hydrogens (tertiary/aromatic N) is 1. The molecule has 1 saturated heterocycles. The summed E-state index contributed by atoms with van der Waals surface area (Å²) in [6.07, 6.45) is 1.96. The molecule has 212 valence electrons. The van der Waals surface area contributed by atoms with Crippen LogP contribution in [0.3, 0.4) is 0 Å². The number of methoxy groups -OCH3 is 1. The smallest absolute Gasteiger partial charge is 0.335 e. The van der Waals surface area contributed by atoms with Crippen LogP contribution < -0.4 is 29.7 Å². The Labute approximate surface area is 239 Å². The number of halogens is 2. The van der Waals surface area contributed by atoms with Gasteiger partial charge in [-0.3, -0.25) is 19.7 Å². The fourth-order valence-corrected chi connectivity index (χ4v) is 4.01. The molecule has 0 spiro atoms. The lowest BCUT2D eigenvalue weighted by atomic mass is 10.1. The van der Waals surface area contributed by atoms with E-state index in [1.807, 2.05) is 6.92 Å². The molecule has 1 heterocycles. The zero-order valence-electron chi connectivity index (χ0n) is 22.0. The van der Waals surface area contributed by atoms with E-state index in [2.05, 4.69) is 10.6 Å². The number of urea groups is 1.